The molecule has 0 unspecified atom stereocenters. The molecule has 0 atom stereocenters. The molecule has 3 aromatic carbocycles. The molecule has 0 bridgehead atoms. The monoisotopic (exact) mass is 566 g/mol. The van der Waals surface area contributed by atoms with Crippen molar-refractivity contribution in [1.29, 1.82) is 0 Å². The molecule has 3 aromatic heterocycles. The standard InChI is InChI=1S/C35H26N4O4/c1-38-20-26(24-16-36-27-15-9-8-14-23(24)27)29-31(38)34(42)30-28(33(29)41)25(17-37-30)32(40)35(43)39(18-21-10-4-2-5-11-21)19-22-12-6-3-7-13-22/h2-17,20,36-37H,18-19H2,1H3. The van der Waals surface area contributed by atoms with Crippen LogP contribution in [0.25, 0.3) is 22.0 Å². The van der Waals surface area contributed by atoms with E-state index in [1.54, 1.807) is 17.8 Å². The van der Waals surface area contributed by atoms with Crippen molar-refractivity contribution in [1.82, 2.24) is 19.4 Å². The van der Waals surface area contributed by atoms with Gasteiger partial charge in [-0.25, -0.2) is 0 Å². The number of rotatable bonds is 7. The summed E-state index contributed by atoms with van der Waals surface area (Å²) in [5.41, 5.74) is 4.26. The van der Waals surface area contributed by atoms with Gasteiger partial charge >= 0.3 is 0 Å². The number of ketones is 3. The van der Waals surface area contributed by atoms with Crippen LogP contribution < -0.4 is 0 Å². The number of carbonyl (C=O) groups is 4. The van der Waals surface area contributed by atoms with Gasteiger partial charge in [0.25, 0.3) is 11.7 Å². The maximum Gasteiger partial charge on any atom is 0.295 e. The molecule has 43 heavy (non-hydrogen) atoms. The van der Waals surface area contributed by atoms with Gasteiger partial charge in [-0.1, -0.05) is 78.9 Å². The number of hydrogen-bond acceptors (Lipinski definition) is 4. The second kappa shape index (κ2) is 10.3. The highest BCUT2D eigenvalue weighted by Gasteiger charge is 2.41. The Hall–Kier alpha value is -5.76. The molecule has 7 rings (SSSR count). The molecule has 0 saturated heterocycles. The van der Waals surface area contributed by atoms with Gasteiger partial charge in [-0.2, -0.15) is 0 Å². The van der Waals surface area contributed by atoms with E-state index in [2.05, 4.69) is 9.97 Å². The Morgan fingerprint density at radius 1 is 0.721 bits per heavy atom. The maximum absolute atomic E-state index is 14.2. The van der Waals surface area contributed by atoms with Crippen LogP contribution in [0.1, 0.15) is 53.6 Å². The summed E-state index contributed by atoms with van der Waals surface area (Å²) >= 11 is 0. The van der Waals surface area contributed by atoms with Crippen molar-refractivity contribution < 1.29 is 19.2 Å². The van der Waals surface area contributed by atoms with Crippen molar-refractivity contribution in [3.05, 3.63) is 143 Å². The predicted octanol–water partition coefficient (Wildman–Crippen LogP) is 5.69. The zero-order valence-electron chi connectivity index (χ0n) is 23.3. The molecule has 1 amide bonds. The van der Waals surface area contributed by atoms with Gasteiger partial charge in [-0.15, -0.1) is 0 Å². The Labute approximate surface area is 246 Å². The number of carbonyl (C=O) groups excluding carboxylic acids is 4. The largest absolute Gasteiger partial charge is 0.361 e. The first-order valence-electron chi connectivity index (χ1n) is 13.9. The van der Waals surface area contributed by atoms with Crippen LogP contribution >= 0.6 is 0 Å². The minimum atomic E-state index is -0.849. The number of nitrogens with zero attached hydrogens (tertiary/aromatic N) is 2. The topological polar surface area (TPSA) is 108 Å². The SMILES string of the molecule is Cn1cc(-c2c[nH]c3ccccc23)c2c1C(=O)c1[nH]cc(C(=O)C(=O)N(Cc3ccccc3)Cc3ccccc3)c1C2=O. The van der Waals surface area contributed by atoms with Crippen LogP contribution in [-0.2, 0) is 24.9 Å². The summed E-state index contributed by atoms with van der Waals surface area (Å²) in [5, 5.41) is 0.903. The number of benzene rings is 3. The summed E-state index contributed by atoms with van der Waals surface area (Å²) in [7, 11) is 1.72. The van der Waals surface area contributed by atoms with Gasteiger partial charge in [0, 0.05) is 60.8 Å². The van der Waals surface area contributed by atoms with Crippen molar-refractivity contribution in [3.63, 3.8) is 0 Å². The fourth-order valence-corrected chi connectivity index (χ4v) is 5.96. The summed E-state index contributed by atoms with van der Waals surface area (Å²) in [4.78, 5) is 63.2. The Balaban J connectivity index is 1.28. The smallest absolute Gasteiger partial charge is 0.295 e. The highest BCUT2D eigenvalue weighted by molar-refractivity contribution is 6.45. The van der Waals surface area contributed by atoms with E-state index in [-0.39, 0.29) is 41.2 Å². The van der Waals surface area contributed by atoms with E-state index >= 15 is 0 Å². The molecule has 2 N–H and O–H groups in total. The molecule has 3 heterocycles. The average Bonchev–Trinajstić information content (AvgIpc) is 3.75. The van der Waals surface area contributed by atoms with E-state index < -0.39 is 23.3 Å². The molecule has 6 aromatic rings. The van der Waals surface area contributed by atoms with Crippen molar-refractivity contribution in [2.45, 2.75) is 13.1 Å². The molecule has 0 aliphatic heterocycles. The van der Waals surface area contributed by atoms with Crippen LogP contribution in [0.15, 0.2) is 104 Å². The van der Waals surface area contributed by atoms with Crippen LogP contribution in [0.5, 0.6) is 0 Å². The Kier molecular flexibility index (Phi) is 6.24. The Morgan fingerprint density at radius 2 is 1.35 bits per heavy atom. The summed E-state index contributed by atoms with van der Waals surface area (Å²) in [5.74, 6) is -2.49. The molecule has 0 spiro atoms. The van der Waals surface area contributed by atoms with Crippen LogP contribution in [0, 0.1) is 0 Å². The minimum Gasteiger partial charge on any atom is -0.361 e. The first kappa shape index (κ1) is 26.2. The van der Waals surface area contributed by atoms with E-state index in [1.807, 2.05) is 91.1 Å². The molecule has 8 heteroatoms. The first-order chi connectivity index (χ1) is 20.9. The second-order valence-electron chi connectivity index (χ2n) is 10.7. The lowest BCUT2D eigenvalue weighted by Gasteiger charge is -2.23. The van der Waals surface area contributed by atoms with Crippen molar-refractivity contribution in [3.8, 4) is 11.1 Å². The number of H-pyrrole nitrogens is 2. The first-order valence-corrected chi connectivity index (χ1v) is 13.9. The molecule has 0 fully saturated rings. The van der Waals surface area contributed by atoms with Gasteiger partial charge in [0.1, 0.15) is 11.4 Å². The van der Waals surface area contributed by atoms with E-state index in [1.165, 1.54) is 11.1 Å². The second-order valence-corrected chi connectivity index (χ2v) is 10.7. The van der Waals surface area contributed by atoms with Gasteiger partial charge < -0.3 is 19.4 Å². The normalized spacial score (nSPS) is 12.3. The number of amides is 1. The third-order valence-electron chi connectivity index (χ3n) is 8.00. The van der Waals surface area contributed by atoms with Gasteiger partial charge in [-0.05, 0) is 17.2 Å². The molecule has 1 aliphatic rings. The lowest BCUT2D eigenvalue weighted by molar-refractivity contribution is -0.127. The van der Waals surface area contributed by atoms with E-state index in [4.69, 9.17) is 0 Å². The summed E-state index contributed by atoms with van der Waals surface area (Å²) in [6.45, 7) is 0.403. The molecular weight excluding hydrogens is 540 g/mol. The van der Waals surface area contributed by atoms with Crippen molar-refractivity contribution >= 4 is 34.2 Å². The number of para-hydroxylation sites is 1. The molecule has 210 valence electrons. The number of aromatic amines is 2. The fourth-order valence-electron chi connectivity index (χ4n) is 5.96. The van der Waals surface area contributed by atoms with Gasteiger partial charge in [0.05, 0.1) is 16.7 Å². The Bertz CT molecular complexity index is 2020. The number of nitrogens with one attached hydrogen (secondary N) is 2. The van der Waals surface area contributed by atoms with Crippen LogP contribution in [0.2, 0.25) is 0 Å². The predicted molar refractivity (Wildman–Crippen MR) is 162 cm³/mol. The van der Waals surface area contributed by atoms with Gasteiger partial charge in [0.2, 0.25) is 5.78 Å². The number of Topliss-reactive ketones (excluding diaryl/α,β-unsaturated/α-hetero) is 1. The zero-order chi connectivity index (χ0) is 29.7. The number of hydrogen-bond donors (Lipinski definition) is 2. The Morgan fingerprint density at radius 3 is 2.02 bits per heavy atom. The average molecular weight is 567 g/mol. The van der Waals surface area contributed by atoms with Crippen molar-refractivity contribution in [2.75, 3.05) is 0 Å². The van der Waals surface area contributed by atoms with E-state index in [0.29, 0.717) is 5.56 Å². The highest BCUT2D eigenvalue weighted by Crippen LogP contribution is 2.39. The number of aromatic nitrogens is 3. The lowest BCUT2D eigenvalue weighted by atomic mass is 9.86. The molecular formula is C35H26N4O4. The highest BCUT2D eigenvalue weighted by atomic mass is 16.2. The molecule has 0 radical (unpaired) electrons. The molecule has 0 saturated carbocycles. The summed E-state index contributed by atoms with van der Waals surface area (Å²) < 4.78 is 1.64. The molecule has 8 nitrogen and oxygen atoms in total. The maximum atomic E-state index is 14.2. The van der Waals surface area contributed by atoms with E-state index in [0.717, 1.165) is 27.6 Å². The fraction of sp³-hybridized carbons (Fsp3) is 0.0857. The van der Waals surface area contributed by atoms with Gasteiger partial charge in [-0.3, -0.25) is 19.2 Å². The van der Waals surface area contributed by atoms with Gasteiger partial charge in [0.15, 0.2) is 5.78 Å². The summed E-state index contributed by atoms with van der Waals surface area (Å²) in [6, 6.07) is 26.5. The summed E-state index contributed by atoms with van der Waals surface area (Å²) in [6.07, 6.45) is 4.88. The third kappa shape index (κ3) is 4.31. The number of fused-ring (bicyclic) bond motifs is 3. The quantitative estimate of drug-likeness (QED) is 0.191. The molecule has 1 aliphatic carbocycles. The van der Waals surface area contributed by atoms with Crippen LogP contribution in [0.3, 0.4) is 0 Å². The zero-order valence-corrected chi connectivity index (χ0v) is 23.3. The van der Waals surface area contributed by atoms with E-state index in [9.17, 15) is 19.2 Å². The van der Waals surface area contributed by atoms with Crippen molar-refractivity contribution in [2.24, 2.45) is 7.05 Å². The number of aryl methyl sites for hydroxylation is 1. The van der Waals surface area contributed by atoms with Crippen LogP contribution in [0.4, 0.5) is 0 Å². The lowest BCUT2D eigenvalue weighted by Crippen LogP contribution is -2.36. The minimum absolute atomic E-state index is 0.0120. The van der Waals surface area contributed by atoms with Crippen LogP contribution in [-0.4, -0.2) is 42.7 Å². The third-order valence-corrected chi connectivity index (χ3v) is 8.00.